The molecule has 0 aromatic carbocycles. The van der Waals surface area contributed by atoms with Crippen molar-refractivity contribution >= 4 is 18.0 Å². The molecule has 1 heterocycles. The second-order valence-electron chi connectivity index (χ2n) is 6.29. The van der Waals surface area contributed by atoms with Crippen molar-refractivity contribution in [3.63, 3.8) is 0 Å². The van der Waals surface area contributed by atoms with Crippen molar-refractivity contribution < 1.29 is 44.7 Å². The van der Waals surface area contributed by atoms with Gasteiger partial charge >= 0.3 is 18.0 Å². The van der Waals surface area contributed by atoms with Crippen LogP contribution in [0.2, 0.25) is 0 Å². The molecule has 5 N–H and O–H groups in total. The largest absolute Gasteiger partial charge is 0.479 e. The van der Waals surface area contributed by atoms with Crippen LogP contribution in [0.5, 0.6) is 0 Å². The third-order valence-electron chi connectivity index (χ3n) is 2.85. The van der Waals surface area contributed by atoms with Crippen LogP contribution in [0.3, 0.4) is 0 Å². The average molecular weight is 351 g/mol. The van der Waals surface area contributed by atoms with Gasteiger partial charge in [0.2, 0.25) is 0 Å². The fourth-order valence-corrected chi connectivity index (χ4v) is 1.72. The van der Waals surface area contributed by atoms with Gasteiger partial charge in [0.15, 0.2) is 12.2 Å². The molecule has 0 aliphatic carbocycles. The number of carboxylic acid groups (broad SMARTS) is 2. The second kappa shape index (κ2) is 9.40. The Morgan fingerprint density at radius 3 is 1.88 bits per heavy atom. The van der Waals surface area contributed by atoms with E-state index in [0.717, 1.165) is 12.8 Å². The van der Waals surface area contributed by atoms with Gasteiger partial charge in [-0.05, 0) is 33.6 Å². The summed E-state index contributed by atoms with van der Waals surface area (Å²) in [5.74, 6) is -3.54. The Bertz CT molecular complexity index is 428. The standard InChI is InChI=1S/C10H19NO3.C4H6O6/c1-10(2,3)14-9(13)11-6-4-5-8(12)7-11;5-1(3(7)8)2(6)4(9)10/h8,12H,4-7H2,1-3H3;1-2,5-6H,(H,7,8)(H,9,10)/t8-;/m0./s1. The van der Waals surface area contributed by atoms with Gasteiger partial charge in [-0.2, -0.15) is 0 Å². The molecule has 3 atom stereocenters. The molecule has 0 aromatic heterocycles. The summed E-state index contributed by atoms with van der Waals surface area (Å²) in [6.45, 7) is 6.60. The lowest BCUT2D eigenvalue weighted by atomic mass is 10.1. The zero-order valence-electron chi connectivity index (χ0n) is 13.9. The lowest BCUT2D eigenvalue weighted by Crippen LogP contribution is -2.44. The number of rotatable bonds is 3. The zero-order valence-corrected chi connectivity index (χ0v) is 13.9. The molecule has 10 heteroatoms. The van der Waals surface area contributed by atoms with Gasteiger partial charge in [-0.3, -0.25) is 0 Å². The van der Waals surface area contributed by atoms with E-state index in [-0.39, 0.29) is 6.09 Å². The van der Waals surface area contributed by atoms with Gasteiger partial charge < -0.3 is 35.2 Å². The summed E-state index contributed by atoms with van der Waals surface area (Å²) in [4.78, 5) is 32.7. The minimum atomic E-state index is -2.27. The lowest BCUT2D eigenvalue weighted by Gasteiger charge is -2.32. The molecule has 2 unspecified atom stereocenters. The first-order chi connectivity index (χ1) is 10.8. The summed E-state index contributed by atoms with van der Waals surface area (Å²) in [5.41, 5.74) is -0.459. The molecular formula is C14H25NO9. The van der Waals surface area contributed by atoms with Crippen molar-refractivity contribution in [3.05, 3.63) is 0 Å². The molecule has 1 rings (SSSR count). The Morgan fingerprint density at radius 1 is 1.08 bits per heavy atom. The van der Waals surface area contributed by atoms with Gasteiger partial charge in [0.25, 0.3) is 0 Å². The predicted octanol–water partition coefficient (Wildman–Crippen LogP) is -0.744. The summed E-state index contributed by atoms with van der Waals surface area (Å²) in [7, 11) is 0. The smallest absolute Gasteiger partial charge is 0.410 e. The summed E-state index contributed by atoms with van der Waals surface area (Å²) in [6.07, 6.45) is -3.62. The highest BCUT2D eigenvalue weighted by molar-refractivity contribution is 5.83. The molecule has 0 saturated carbocycles. The Balaban J connectivity index is 0.000000470. The van der Waals surface area contributed by atoms with Crippen LogP contribution < -0.4 is 0 Å². The van der Waals surface area contributed by atoms with E-state index in [1.165, 1.54) is 0 Å². The molecule has 1 saturated heterocycles. The van der Waals surface area contributed by atoms with Crippen molar-refractivity contribution in [3.8, 4) is 0 Å². The first-order valence-electron chi connectivity index (χ1n) is 7.33. The number of aliphatic carboxylic acids is 2. The van der Waals surface area contributed by atoms with E-state index < -0.39 is 35.9 Å². The van der Waals surface area contributed by atoms with Gasteiger partial charge in [0.1, 0.15) is 5.60 Å². The van der Waals surface area contributed by atoms with Gasteiger partial charge in [0.05, 0.1) is 6.10 Å². The summed E-state index contributed by atoms with van der Waals surface area (Å²) >= 11 is 0. The molecule has 0 bridgehead atoms. The number of amides is 1. The highest BCUT2D eigenvalue weighted by Gasteiger charge is 2.29. The number of likely N-dealkylation sites (tertiary alicyclic amines) is 1. The van der Waals surface area contributed by atoms with Crippen molar-refractivity contribution in [2.45, 2.75) is 57.5 Å². The molecule has 0 aromatic rings. The fourth-order valence-electron chi connectivity index (χ4n) is 1.72. The van der Waals surface area contributed by atoms with Crippen LogP contribution in [0.4, 0.5) is 4.79 Å². The monoisotopic (exact) mass is 351 g/mol. The quantitative estimate of drug-likeness (QED) is 0.440. The van der Waals surface area contributed by atoms with E-state index in [1.807, 2.05) is 20.8 Å². The van der Waals surface area contributed by atoms with Crippen molar-refractivity contribution in [2.75, 3.05) is 13.1 Å². The third kappa shape index (κ3) is 8.65. The van der Waals surface area contributed by atoms with Gasteiger partial charge in [-0.15, -0.1) is 0 Å². The van der Waals surface area contributed by atoms with E-state index >= 15 is 0 Å². The Labute approximate surface area is 139 Å². The molecule has 140 valence electrons. The van der Waals surface area contributed by atoms with Gasteiger partial charge in [0, 0.05) is 13.1 Å². The normalized spacial score (nSPS) is 20.2. The second-order valence-corrected chi connectivity index (χ2v) is 6.29. The van der Waals surface area contributed by atoms with E-state index in [9.17, 15) is 19.5 Å². The Hall–Kier alpha value is -1.91. The minimum absolute atomic E-state index is 0.323. The minimum Gasteiger partial charge on any atom is -0.479 e. The molecule has 1 fully saturated rings. The van der Waals surface area contributed by atoms with E-state index in [1.54, 1.807) is 4.90 Å². The topological polar surface area (TPSA) is 165 Å². The Kier molecular flexibility index (Phi) is 8.65. The van der Waals surface area contributed by atoms with Crippen LogP contribution >= 0.6 is 0 Å². The molecule has 24 heavy (non-hydrogen) atoms. The SMILES string of the molecule is CC(C)(C)OC(=O)N1CCC[C@H](O)C1.O=C(O)C(O)C(O)C(=O)O. The number of carbonyl (C=O) groups excluding carboxylic acids is 1. The number of aliphatic hydroxyl groups excluding tert-OH is 3. The van der Waals surface area contributed by atoms with Crippen LogP contribution in [0.25, 0.3) is 0 Å². The van der Waals surface area contributed by atoms with E-state index in [4.69, 9.17) is 25.2 Å². The number of ether oxygens (including phenoxy) is 1. The number of nitrogens with zero attached hydrogens (tertiary/aromatic N) is 1. The van der Waals surface area contributed by atoms with E-state index in [0.29, 0.717) is 13.1 Å². The number of carbonyl (C=O) groups is 3. The van der Waals surface area contributed by atoms with Crippen molar-refractivity contribution in [1.29, 1.82) is 0 Å². The molecular weight excluding hydrogens is 326 g/mol. The maximum absolute atomic E-state index is 11.6. The molecule has 0 radical (unpaired) electrons. The molecule has 10 nitrogen and oxygen atoms in total. The molecule has 1 aliphatic rings. The number of carboxylic acids is 2. The number of hydrogen-bond acceptors (Lipinski definition) is 7. The van der Waals surface area contributed by atoms with Crippen LogP contribution in [0.15, 0.2) is 0 Å². The van der Waals surface area contributed by atoms with Gasteiger partial charge in [-0.1, -0.05) is 0 Å². The maximum Gasteiger partial charge on any atom is 0.410 e. The highest BCUT2D eigenvalue weighted by atomic mass is 16.6. The maximum atomic E-state index is 11.6. The predicted molar refractivity (Wildman–Crippen MR) is 80.3 cm³/mol. The molecule has 1 amide bonds. The zero-order chi connectivity index (χ0) is 19.1. The summed E-state index contributed by atoms with van der Waals surface area (Å²) in [5, 5.41) is 41.9. The van der Waals surface area contributed by atoms with Gasteiger partial charge in [-0.25, -0.2) is 14.4 Å². The first kappa shape index (κ1) is 22.1. The highest BCUT2D eigenvalue weighted by Crippen LogP contribution is 2.14. The average Bonchev–Trinajstić information content (AvgIpc) is 2.44. The summed E-state index contributed by atoms with van der Waals surface area (Å²) < 4.78 is 5.20. The van der Waals surface area contributed by atoms with Crippen LogP contribution in [0.1, 0.15) is 33.6 Å². The number of aliphatic hydroxyl groups is 3. The van der Waals surface area contributed by atoms with Crippen LogP contribution in [-0.2, 0) is 14.3 Å². The molecule has 0 spiro atoms. The number of β-amino-alcohol motifs (C(OH)–C–C–N with tert-alkyl or cyclic N) is 1. The van der Waals surface area contributed by atoms with Crippen LogP contribution in [-0.4, -0.2) is 85.5 Å². The molecule has 1 aliphatic heterocycles. The lowest BCUT2D eigenvalue weighted by molar-refractivity contribution is -0.165. The number of piperidine rings is 1. The van der Waals surface area contributed by atoms with E-state index in [2.05, 4.69) is 0 Å². The third-order valence-corrected chi connectivity index (χ3v) is 2.85. The first-order valence-corrected chi connectivity index (χ1v) is 7.33. The fraction of sp³-hybridized carbons (Fsp3) is 0.786. The van der Waals surface area contributed by atoms with Crippen molar-refractivity contribution in [1.82, 2.24) is 4.90 Å². The number of hydrogen-bond donors (Lipinski definition) is 5. The van der Waals surface area contributed by atoms with Crippen LogP contribution in [0, 0.1) is 0 Å². The Morgan fingerprint density at radius 2 is 1.54 bits per heavy atom. The summed E-state index contributed by atoms with van der Waals surface area (Å²) in [6, 6.07) is 0. The van der Waals surface area contributed by atoms with Crippen molar-refractivity contribution in [2.24, 2.45) is 0 Å².